The van der Waals surface area contributed by atoms with Crippen molar-refractivity contribution < 1.29 is 35.5 Å². The van der Waals surface area contributed by atoms with Gasteiger partial charge < -0.3 is 0 Å². The van der Waals surface area contributed by atoms with Crippen molar-refractivity contribution in [1.29, 1.82) is 0 Å². The van der Waals surface area contributed by atoms with Crippen molar-refractivity contribution in [1.82, 2.24) is 0 Å². The van der Waals surface area contributed by atoms with E-state index in [1.807, 2.05) is 6.07 Å². The topological polar surface area (TPSA) is 89.9 Å². The summed E-state index contributed by atoms with van der Waals surface area (Å²) in [7, 11) is -6.04. The Bertz CT molecular complexity index is 1710. The van der Waals surface area contributed by atoms with E-state index in [0.29, 0.717) is 16.1 Å². The van der Waals surface area contributed by atoms with Gasteiger partial charge in [-0.05, 0) is 72.8 Å². The SMILES string of the molecule is O=C(/C(CCSc1ccc(Cl)cc1)=N/OS(=O)(=O)C(F)(F)F)c1ccc(Sc2ccc(C(=O)c3ccccc3)cc2)cc1. The Balaban J connectivity index is 1.45. The number of Topliss-reactive ketones (excluding diaryl/α,β-unsaturated/α-hetero) is 1. The van der Waals surface area contributed by atoms with Gasteiger partial charge in [-0.15, -0.1) is 11.8 Å². The minimum absolute atomic E-state index is 0.0800. The predicted molar refractivity (Wildman–Crippen MR) is 161 cm³/mol. The molecule has 0 aliphatic carbocycles. The number of hydrogen-bond donors (Lipinski definition) is 0. The monoisotopic (exact) mass is 663 g/mol. The van der Waals surface area contributed by atoms with Crippen LogP contribution in [0.25, 0.3) is 0 Å². The molecule has 0 N–H and O–H groups in total. The highest BCUT2D eigenvalue weighted by Gasteiger charge is 2.49. The molecule has 222 valence electrons. The van der Waals surface area contributed by atoms with Crippen LogP contribution in [0.1, 0.15) is 32.7 Å². The van der Waals surface area contributed by atoms with E-state index >= 15 is 0 Å². The first-order chi connectivity index (χ1) is 20.4. The fraction of sp³-hybridized carbons (Fsp3) is 0.100. The van der Waals surface area contributed by atoms with Gasteiger partial charge in [-0.1, -0.05) is 58.9 Å². The summed E-state index contributed by atoms with van der Waals surface area (Å²) < 4.78 is 64.9. The Labute approximate surface area is 259 Å². The van der Waals surface area contributed by atoms with Gasteiger partial charge in [0.1, 0.15) is 5.71 Å². The second kappa shape index (κ2) is 14.3. The van der Waals surface area contributed by atoms with Crippen LogP contribution in [-0.2, 0) is 14.4 Å². The molecular weight excluding hydrogens is 643 g/mol. The number of ketones is 2. The molecular formula is C30H21ClF3NO5S3. The molecule has 0 aliphatic heterocycles. The zero-order valence-corrected chi connectivity index (χ0v) is 25.2. The molecule has 43 heavy (non-hydrogen) atoms. The molecule has 6 nitrogen and oxygen atoms in total. The summed E-state index contributed by atoms with van der Waals surface area (Å²) in [6.45, 7) is 0. The quantitative estimate of drug-likeness (QED) is 0.0495. The molecule has 0 saturated heterocycles. The van der Waals surface area contributed by atoms with Crippen LogP contribution in [-0.4, -0.2) is 37.0 Å². The van der Waals surface area contributed by atoms with Crippen molar-refractivity contribution in [3.8, 4) is 0 Å². The maximum atomic E-state index is 13.1. The lowest BCUT2D eigenvalue weighted by Crippen LogP contribution is -2.25. The minimum atomic E-state index is -6.04. The fourth-order valence-electron chi connectivity index (χ4n) is 3.54. The Kier molecular flexibility index (Phi) is 10.7. The molecule has 0 atom stereocenters. The maximum absolute atomic E-state index is 13.1. The van der Waals surface area contributed by atoms with Crippen LogP contribution in [0.2, 0.25) is 5.02 Å². The third kappa shape index (κ3) is 8.96. The highest BCUT2D eigenvalue weighted by atomic mass is 35.5. The number of alkyl halides is 3. The lowest BCUT2D eigenvalue weighted by Gasteiger charge is -2.09. The predicted octanol–water partition coefficient (Wildman–Crippen LogP) is 8.31. The number of rotatable bonds is 12. The molecule has 4 rings (SSSR count). The van der Waals surface area contributed by atoms with Gasteiger partial charge in [0.05, 0.1) is 0 Å². The summed E-state index contributed by atoms with van der Waals surface area (Å²) in [4.78, 5) is 28.1. The molecule has 0 saturated carbocycles. The number of oxime groups is 1. The Morgan fingerprint density at radius 3 is 1.81 bits per heavy atom. The zero-order chi connectivity index (χ0) is 31.0. The fourth-order valence-corrected chi connectivity index (χ4v) is 5.62. The average molecular weight is 664 g/mol. The van der Waals surface area contributed by atoms with E-state index in [9.17, 15) is 31.2 Å². The Morgan fingerprint density at radius 1 is 0.744 bits per heavy atom. The van der Waals surface area contributed by atoms with Gasteiger partial charge >= 0.3 is 15.6 Å². The molecule has 0 radical (unpaired) electrons. The normalized spacial score (nSPS) is 12.1. The molecule has 0 aliphatic rings. The van der Waals surface area contributed by atoms with Gasteiger partial charge in [-0.25, -0.2) is 0 Å². The summed E-state index contributed by atoms with van der Waals surface area (Å²) in [5, 5.41) is 3.63. The molecule has 0 heterocycles. The van der Waals surface area contributed by atoms with Crippen LogP contribution in [0.3, 0.4) is 0 Å². The summed E-state index contributed by atoms with van der Waals surface area (Å²) in [5.41, 5.74) is -5.00. The van der Waals surface area contributed by atoms with Gasteiger partial charge in [0, 0.05) is 48.6 Å². The number of halogens is 4. The van der Waals surface area contributed by atoms with E-state index in [4.69, 9.17) is 11.6 Å². The van der Waals surface area contributed by atoms with Crippen LogP contribution in [0, 0.1) is 0 Å². The molecule has 0 amide bonds. The first-order valence-corrected chi connectivity index (χ1v) is 16.0. The first-order valence-electron chi connectivity index (χ1n) is 12.4. The van der Waals surface area contributed by atoms with Crippen molar-refractivity contribution in [2.24, 2.45) is 5.16 Å². The van der Waals surface area contributed by atoms with E-state index < -0.39 is 27.1 Å². The molecule has 0 unspecified atom stereocenters. The number of carbonyl (C=O) groups is 2. The van der Waals surface area contributed by atoms with Crippen molar-refractivity contribution >= 4 is 62.5 Å². The Morgan fingerprint density at radius 2 is 1.26 bits per heavy atom. The lowest BCUT2D eigenvalue weighted by molar-refractivity contribution is -0.0541. The summed E-state index contributed by atoms with van der Waals surface area (Å²) in [6, 6.07) is 28.8. The van der Waals surface area contributed by atoms with E-state index in [1.54, 1.807) is 84.9 Å². The first kappa shape index (κ1) is 32.3. The van der Waals surface area contributed by atoms with Gasteiger partial charge in [0.25, 0.3) is 0 Å². The molecule has 13 heteroatoms. The maximum Gasteiger partial charge on any atom is 0.536 e. The second-order valence-electron chi connectivity index (χ2n) is 8.74. The van der Waals surface area contributed by atoms with E-state index in [-0.39, 0.29) is 23.5 Å². The number of thioether (sulfide) groups is 1. The molecule has 0 fully saturated rings. The third-order valence-electron chi connectivity index (χ3n) is 5.72. The Hall–Kier alpha value is -3.58. The molecule has 0 aromatic heterocycles. The number of nitrogens with zero attached hydrogens (tertiary/aromatic N) is 1. The van der Waals surface area contributed by atoms with E-state index in [0.717, 1.165) is 14.7 Å². The number of carbonyl (C=O) groups excluding carboxylic acids is 2. The summed E-state index contributed by atoms with van der Waals surface area (Å²) >= 11 is 8.51. The van der Waals surface area contributed by atoms with Gasteiger partial charge in [0.15, 0.2) is 5.78 Å². The standard InChI is InChI=1S/C30H21ClF3NO5S3/c31-23-10-16-24(17-11-23)41-19-18-27(35-40-43(38,39)30(32,33)34)29(37)22-8-14-26(15-9-22)42-25-12-6-21(7-13-25)28(36)20-4-2-1-3-5-20/h1-17H,18-19H2/b35-27+. The van der Waals surface area contributed by atoms with Crippen molar-refractivity contribution in [3.63, 3.8) is 0 Å². The zero-order valence-electron chi connectivity index (χ0n) is 22.0. The van der Waals surface area contributed by atoms with Crippen LogP contribution in [0.15, 0.2) is 123 Å². The van der Waals surface area contributed by atoms with Crippen molar-refractivity contribution in [3.05, 3.63) is 125 Å². The lowest BCUT2D eigenvalue weighted by atomic mass is 10.0. The molecule has 0 bridgehead atoms. The minimum Gasteiger partial charge on any atom is -0.289 e. The second-order valence-corrected chi connectivity index (χ2v) is 13.0. The van der Waals surface area contributed by atoms with Crippen LogP contribution in [0.5, 0.6) is 0 Å². The largest absolute Gasteiger partial charge is 0.536 e. The van der Waals surface area contributed by atoms with Crippen LogP contribution in [0.4, 0.5) is 13.2 Å². The smallest absolute Gasteiger partial charge is 0.289 e. The summed E-state index contributed by atoms with van der Waals surface area (Å²) in [6.07, 6.45) is -0.177. The van der Waals surface area contributed by atoms with Gasteiger partial charge in [0.2, 0.25) is 5.78 Å². The van der Waals surface area contributed by atoms with Gasteiger partial charge in [-0.3, -0.25) is 13.9 Å². The third-order valence-corrected chi connectivity index (χ3v) is 8.84. The van der Waals surface area contributed by atoms with Gasteiger partial charge in [-0.2, -0.15) is 21.6 Å². The van der Waals surface area contributed by atoms with Crippen LogP contribution >= 0.6 is 35.1 Å². The number of hydrogen-bond acceptors (Lipinski definition) is 8. The highest BCUT2D eigenvalue weighted by molar-refractivity contribution is 7.99. The highest BCUT2D eigenvalue weighted by Crippen LogP contribution is 2.29. The van der Waals surface area contributed by atoms with Crippen LogP contribution < -0.4 is 0 Å². The van der Waals surface area contributed by atoms with Crippen molar-refractivity contribution in [2.45, 2.75) is 26.6 Å². The molecule has 4 aromatic rings. The van der Waals surface area contributed by atoms with E-state index in [2.05, 4.69) is 9.44 Å². The molecule has 4 aromatic carbocycles. The number of benzene rings is 4. The average Bonchev–Trinajstić information content (AvgIpc) is 3.00. The molecule has 0 spiro atoms. The van der Waals surface area contributed by atoms with Crippen molar-refractivity contribution in [2.75, 3.05) is 5.75 Å². The summed E-state index contributed by atoms with van der Waals surface area (Å²) in [5.74, 6) is -0.691. The van der Waals surface area contributed by atoms with E-state index in [1.165, 1.54) is 35.7 Å².